The average molecular weight is 450 g/mol. The van der Waals surface area contributed by atoms with Crippen LogP contribution in [-0.2, 0) is 11.0 Å². The average Bonchev–Trinajstić information content (AvgIpc) is 3.41. The second-order valence-corrected chi connectivity index (χ2v) is 8.53. The van der Waals surface area contributed by atoms with Gasteiger partial charge in [-0.2, -0.15) is 13.2 Å². The number of carbonyl (C=O) groups is 2. The smallest absolute Gasteiger partial charge is 0.351 e. The van der Waals surface area contributed by atoms with E-state index in [2.05, 4.69) is 20.6 Å². The number of amides is 2. The molecule has 10 heteroatoms. The number of hydrogen-bond acceptors (Lipinski definition) is 4. The van der Waals surface area contributed by atoms with Crippen molar-refractivity contribution < 1.29 is 22.8 Å². The number of imidazole rings is 1. The number of halogens is 3. The van der Waals surface area contributed by atoms with E-state index in [1.54, 1.807) is 17.5 Å². The monoisotopic (exact) mass is 450 g/mol. The summed E-state index contributed by atoms with van der Waals surface area (Å²) in [7, 11) is 0. The number of para-hydroxylation sites is 1. The highest BCUT2D eigenvalue weighted by Crippen LogP contribution is 2.30. The molecular formula is C21H21F3N4O2S. The van der Waals surface area contributed by atoms with Crippen molar-refractivity contribution in [3.8, 4) is 0 Å². The number of nitrogens with one attached hydrogen (secondary N) is 3. The number of aromatic amines is 1. The van der Waals surface area contributed by atoms with Crippen LogP contribution in [-0.4, -0.2) is 27.8 Å². The van der Waals surface area contributed by atoms with E-state index in [4.69, 9.17) is 0 Å². The Balaban J connectivity index is 1.59. The second-order valence-electron chi connectivity index (χ2n) is 7.55. The number of benzene rings is 1. The van der Waals surface area contributed by atoms with E-state index in [9.17, 15) is 22.8 Å². The van der Waals surface area contributed by atoms with Crippen LogP contribution >= 0.6 is 11.3 Å². The van der Waals surface area contributed by atoms with Crippen molar-refractivity contribution in [3.05, 3.63) is 52.0 Å². The van der Waals surface area contributed by atoms with Gasteiger partial charge in [0, 0.05) is 10.9 Å². The Morgan fingerprint density at radius 3 is 2.58 bits per heavy atom. The Hall–Kier alpha value is -2.88. The largest absolute Gasteiger partial charge is 0.449 e. The number of rotatable bonds is 5. The minimum absolute atomic E-state index is 0.0312. The van der Waals surface area contributed by atoms with Crippen LogP contribution in [0.2, 0.25) is 0 Å². The molecule has 1 saturated carbocycles. The SMILES string of the molecule is O=C(NC(C(=O)NC1CCCCC1)c1cccs1)c1cccc2[nH]c(C(F)(F)F)nc12. The predicted octanol–water partition coefficient (Wildman–Crippen LogP) is 4.56. The Morgan fingerprint density at radius 2 is 1.90 bits per heavy atom. The normalized spacial score (nSPS) is 16.2. The van der Waals surface area contributed by atoms with Crippen LogP contribution in [0.5, 0.6) is 0 Å². The zero-order valence-electron chi connectivity index (χ0n) is 16.5. The summed E-state index contributed by atoms with van der Waals surface area (Å²) in [6.45, 7) is 0. The number of fused-ring (bicyclic) bond motifs is 1. The van der Waals surface area contributed by atoms with Crippen LogP contribution in [0.15, 0.2) is 35.7 Å². The summed E-state index contributed by atoms with van der Waals surface area (Å²) in [6.07, 6.45) is 0.359. The van der Waals surface area contributed by atoms with E-state index < -0.39 is 23.9 Å². The summed E-state index contributed by atoms with van der Waals surface area (Å²) < 4.78 is 39.1. The van der Waals surface area contributed by atoms with Gasteiger partial charge in [-0.25, -0.2) is 4.98 Å². The van der Waals surface area contributed by atoms with Crippen LogP contribution in [0.1, 0.15) is 59.2 Å². The Labute approximate surface area is 180 Å². The molecule has 3 N–H and O–H groups in total. The van der Waals surface area contributed by atoms with Gasteiger partial charge in [0.25, 0.3) is 5.91 Å². The molecule has 4 rings (SSSR count). The highest BCUT2D eigenvalue weighted by atomic mass is 32.1. The predicted molar refractivity (Wildman–Crippen MR) is 111 cm³/mol. The van der Waals surface area contributed by atoms with Gasteiger partial charge < -0.3 is 15.6 Å². The molecule has 3 aromatic rings. The summed E-state index contributed by atoms with van der Waals surface area (Å²) in [5.41, 5.74) is -0.0273. The number of aromatic nitrogens is 2. The molecule has 6 nitrogen and oxygen atoms in total. The lowest BCUT2D eigenvalue weighted by atomic mass is 9.95. The number of H-pyrrole nitrogens is 1. The summed E-state index contributed by atoms with van der Waals surface area (Å²) in [6, 6.07) is 6.92. The van der Waals surface area contributed by atoms with Crippen LogP contribution < -0.4 is 10.6 Å². The zero-order valence-corrected chi connectivity index (χ0v) is 17.3. The van der Waals surface area contributed by atoms with Gasteiger partial charge in [-0.05, 0) is 36.4 Å². The molecule has 0 saturated heterocycles. The Morgan fingerprint density at radius 1 is 1.13 bits per heavy atom. The van der Waals surface area contributed by atoms with Crippen molar-refractivity contribution in [1.82, 2.24) is 20.6 Å². The molecule has 1 aliphatic carbocycles. The first-order chi connectivity index (χ1) is 14.8. The van der Waals surface area contributed by atoms with Gasteiger partial charge >= 0.3 is 6.18 Å². The number of nitrogens with zero attached hydrogens (tertiary/aromatic N) is 1. The first-order valence-electron chi connectivity index (χ1n) is 10.0. The molecule has 0 bridgehead atoms. The van der Waals surface area contributed by atoms with Gasteiger partial charge in [0.2, 0.25) is 11.7 Å². The molecule has 1 unspecified atom stereocenters. The molecule has 1 atom stereocenters. The minimum Gasteiger partial charge on any atom is -0.351 e. The van der Waals surface area contributed by atoms with Gasteiger partial charge in [-0.15, -0.1) is 11.3 Å². The van der Waals surface area contributed by atoms with E-state index in [1.165, 1.54) is 29.5 Å². The topological polar surface area (TPSA) is 86.9 Å². The molecular weight excluding hydrogens is 429 g/mol. The standard InChI is InChI=1S/C21H21F3N4O2S/c22-21(23,24)20-26-14-9-4-8-13(16(14)28-20)18(29)27-17(15-10-5-11-31-15)19(30)25-12-6-2-1-3-7-12/h4-5,8-12,17H,1-3,6-7H2,(H,25,30)(H,26,28)(H,27,29). The van der Waals surface area contributed by atoms with Crippen molar-refractivity contribution in [2.75, 3.05) is 0 Å². The van der Waals surface area contributed by atoms with E-state index in [-0.39, 0.29) is 28.5 Å². The van der Waals surface area contributed by atoms with E-state index >= 15 is 0 Å². The third-order valence-corrected chi connectivity index (χ3v) is 6.28. The summed E-state index contributed by atoms with van der Waals surface area (Å²) >= 11 is 1.32. The third-order valence-electron chi connectivity index (χ3n) is 5.34. The molecule has 1 aliphatic rings. The van der Waals surface area contributed by atoms with E-state index in [0.29, 0.717) is 4.88 Å². The van der Waals surface area contributed by atoms with Crippen molar-refractivity contribution in [3.63, 3.8) is 0 Å². The zero-order chi connectivity index (χ0) is 22.0. The second kappa shape index (κ2) is 8.70. The van der Waals surface area contributed by atoms with Gasteiger partial charge in [0.15, 0.2) is 0 Å². The lowest BCUT2D eigenvalue weighted by Gasteiger charge is -2.25. The molecule has 0 spiro atoms. The van der Waals surface area contributed by atoms with Crippen LogP contribution in [0, 0.1) is 0 Å². The summed E-state index contributed by atoms with van der Waals surface area (Å²) in [5, 5.41) is 7.50. The first-order valence-corrected chi connectivity index (χ1v) is 10.9. The lowest BCUT2D eigenvalue weighted by Crippen LogP contribution is -2.44. The van der Waals surface area contributed by atoms with Crippen molar-refractivity contribution >= 4 is 34.2 Å². The number of thiophene rings is 1. The lowest BCUT2D eigenvalue weighted by molar-refractivity contribution is -0.144. The Kier molecular flexibility index (Phi) is 5.99. The maximum atomic E-state index is 13.0. The van der Waals surface area contributed by atoms with E-state index in [1.807, 2.05) is 0 Å². The fourth-order valence-corrected chi connectivity index (χ4v) is 4.58. The van der Waals surface area contributed by atoms with Gasteiger partial charge in [0.1, 0.15) is 11.6 Å². The van der Waals surface area contributed by atoms with Crippen molar-refractivity contribution in [2.24, 2.45) is 0 Å². The van der Waals surface area contributed by atoms with E-state index in [0.717, 1.165) is 32.1 Å². The third kappa shape index (κ3) is 4.73. The van der Waals surface area contributed by atoms with Gasteiger partial charge in [0.05, 0.1) is 11.1 Å². The maximum absolute atomic E-state index is 13.0. The molecule has 31 heavy (non-hydrogen) atoms. The van der Waals surface area contributed by atoms with Crippen molar-refractivity contribution in [2.45, 2.75) is 50.4 Å². The molecule has 2 aromatic heterocycles. The molecule has 2 heterocycles. The minimum atomic E-state index is -4.66. The molecule has 164 valence electrons. The quantitative estimate of drug-likeness (QED) is 0.533. The molecule has 1 aromatic carbocycles. The molecule has 2 amide bonds. The maximum Gasteiger partial charge on any atom is 0.449 e. The Bertz CT molecular complexity index is 1070. The summed E-state index contributed by atoms with van der Waals surface area (Å²) in [4.78, 5) is 32.4. The first kappa shape index (κ1) is 21.4. The molecule has 0 radical (unpaired) electrons. The number of alkyl halides is 3. The van der Waals surface area contributed by atoms with Crippen LogP contribution in [0.25, 0.3) is 11.0 Å². The number of hydrogen-bond donors (Lipinski definition) is 3. The van der Waals surface area contributed by atoms with Gasteiger partial charge in [-0.1, -0.05) is 31.4 Å². The fraction of sp³-hybridized carbons (Fsp3) is 0.381. The molecule has 0 aliphatic heterocycles. The van der Waals surface area contributed by atoms with Gasteiger partial charge in [-0.3, -0.25) is 9.59 Å². The van der Waals surface area contributed by atoms with Crippen LogP contribution in [0.3, 0.4) is 0 Å². The van der Waals surface area contributed by atoms with Crippen LogP contribution in [0.4, 0.5) is 13.2 Å². The number of carbonyl (C=O) groups excluding carboxylic acids is 2. The highest BCUT2D eigenvalue weighted by molar-refractivity contribution is 7.10. The highest BCUT2D eigenvalue weighted by Gasteiger charge is 2.35. The fourth-order valence-electron chi connectivity index (χ4n) is 3.81. The van der Waals surface area contributed by atoms with Crippen molar-refractivity contribution in [1.29, 1.82) is 0 Å². The molecule has 1 fully saturated rings. The summed E-state index contributed by atoms with van der Waals surface area (Å²) in [5.74, 6) is -2.16.